The van der Waals surface area contributed by atoms with Crippen molar-refractivity contribution in [2.45, 2.75) is 52.5 Å². The summed E-state index contributed by atoms with van der Waals surface area (Å²) in [5, 5.41) is 15.4. The predicted octanol–water partition coefficient (Wildman–Crippen LogP) is 2.87. The second kappa shape index (κ2) is 7.34. The van der Waals surface area contributed by atoms with Crippen LogP contribution in [0.25, 0.3) is 0 Å². The number of nitrogens with one attached hydrogen (secondary N) is 2. The van der Waals surface area contributed by atoms with Crippen LogP contribution in [0.1, 0.15) is 56.0 Å². The highest BCUT2D eigenvalue weighted by Gasteiger charge is 2.42. The van der Waals surface area contributed by atoms with Gasteiger partial charge >= 0.3 is 0 Å². The van der Waals surface area contributed by atoms with E-state index in [9.17, 15) is 14.7 Å². The minimum Gasteiger partial charge on any atom is -0.394 e. The maximum atomic E-state index is 12.5. The molecule has 5 heteroatoms. The summed E-state index contributed by atoms with van der Waals surface area (Å²) >= 11 is 0. The van der Waals surface area contributed by atoms with Crippen LogP contribution in [0.3, 0.4) is 0 Å². The minimum absolute atomic E-state index is 0.0214. The lowest BCUT2D eigenvalue weighted by molar-refractivity contribution is -0.116. The van der Waals surface area contributed by atoms with E-state index in [-0.39, 0.29) is 18.4 Å². The van der Waals surface area contributed by atoms with E-state index < -0.39 is 5.54 Å². The molecule has 0 radical (unpaired) electrons. The van der Waals surface area contributed by atoms with Gasteiger partial charge < -0.3 is 15.7 Å². The first-order valence-corrected chi connectivity index (χ1v) is 8.59. The molecule has 3 N–H and O–H groups in total. The first-order valence-electron chi connectivity index (χ1n) is 8.59. The van der Waals surface area contributed by atoms with Gasteiger partial charge in [0.1, 0.15) is 0 Å². The Morgan fingerprint density at radius 3 is 2.50 bits per heavy atom. The van der Waals surface area contributed by atoms with E-state index >= 15 is 0 Å². The van der Waals surface area contributed by atoms with Crippen LogP contribution < -0.4 is 10.6 Å². The zero-order valence-corrected chi connectivity index (χ0v) is 15.0. The molecule has 1 unspecified atom stereocenters. The maximum absolute atomic E-state index is 12.5. The summed E-state index contributed by atoms with van der Waals surface area (Å²) in [7, 11) is 0. The van der Waals surface area contributed by atoms with Crippen molar-refractivity contribution in [3.05, 3.63) is 29.3 Å². The maximum Gasteiger partial charge on any atom is 0.251 e. The fourth-order valence-electron chi connectivity index (χ4n) is 2.84. The Morgan fingerprint density at radius 1 is 1.33 bits per heavy atom. The zero-order chi connectivity index (χ0) is 17.9. The van der Waals surface area contributed by atoms with Crippen molar-refractivity contribution in [3.63, 3.8) is 0 Å². The van der Waals surface area contributed by atoms with Gasteiger partial charge in [-0.2, -0.15) is 0 Å². The fraction of sp³-hybridized carbons (Fsp3) is 0.579. The van der Waals surface area contributed by atoms with Crippen molar-refractivity contribution >= 4 is 17.5 Å². The van der Waals surface area contributed by atoms with E-state index in [0.29, 0.717) is 23.8 Å². The Labute approximate surface area is 143 Å². The smallest absolute Gasteiger partial charge is 0.251 e. The Hall–Kier alpha value is -1.88. The number of rotatable bonds is 7. The summed E-state index contributed by atoms with van der Waals surface area (Å²) in [4.78, 5) is 24.4. The number of carbonyl (C=O) groups is 2. The number of benzene rings is 1. The highest BCUT2D eigenvalue weighted by molar-refractivity contribution is 5.97. The number of aliphatic hydroxyl groups is 1. The van der Waals surface area contributed by atoms with Gasteiger partial charge in [-0.1, -0.05) is 13.8 Å². The predicted molar refractivity (Wildman–Crippen MR) is 94.9 cm³/mol. The summed E-state index contributed by atoms with van der Waals surface area (Å²) in [6.45, 7) is 7.69. The van der Waals surface area contributed by atoms with Gasteiger partial charge in [-0.05, 0) is 62.3 Å². The SMILES string of the molecule is Cc1cc(C(=O)NC(C)(CO)C2CC2)ccc1NC(=O)CC(C)C. The van der Waals surface area contributed by atoms with E-state index in [4.69, 9.17) is 0 Å². The van der Waals surface area contributed by atoms with E-state index in [2.05, 4.69) is 10.6 Å². The lowest BCUT2D eigenvalue weighted by Crippen LogP contribution is -2.50. The van der Waals surface area contributed by atoms with Gasteiger partial charge in [0.05, 0.1) is 12.1 Å². The molecule has 1 aromatic carbocycles. The first kappa shape index (κ1) is 18.5. The molecule has 5 nitrogen and oxygen atoms in total. The largest absolute Gasteiger partial charge is 0.394 e. The molecule has 1 aliphatic rings. The average molecular weight is 332 g/mol. The highest BCUT2D eigenvalue weighted by Crippen LogP contribution is 2.39. The lowest BCUT2D eigenvalue weighted by Gasteiger charge is -2.29. The summed E-state index contributed by atoms with van der Waals surface area (Å²) in [6, 6.07) is 5.24. The summed E-state index contributed by atoms with van der Waals surface area (Å²) in [5.41, 5.74) is 1.55. The van der Waals surface area contributed by atoms with Gasteiger partial charge in [-0.25, -0.2) is 0 Å². The van der Waals surface area contributed by atoms with E-state index in [1.807, 2.05) is 27.7 Å². The number of amides is 2. The van der Waals surface area contributed by atoms with Gasteiger partial charge in [0.2, 0.25) is 5.91 Å². The molecule has 2 rings (SSSR count). The molecule has 132 valence electrons. The van der Waals surface area contributed by atoms with Crippen molar-refractivity contribution in [1.29, 1.82) is 0 Å². The van der Waals surface area contributed by atoms with Gasteiger partial charge in [-0.15, -0.1) is 0 Å². The molecule has 1 aliphatic carbocycles. The Morgan fingerprint density at radius 2 is 2.00 bits per heavy atom. The van der Waals surface area contributed by atoms with Gasteiger partial charge in [0, 0.05) is 17.7 Å². The molecular formula is C19H28N2O3. The minimum atomic E-state index is -0.560. The van der Waals surface area contributed by atoms with Crippen molar-refractivity contribution in [2.24, 2.45) is 11.8 Å². The first-order chi connectivity index (χ1) is 11.2. The molecule has 0 heterocycles. The van der Waals surface area contributed by atoms with Crippen LogP contribution >= 0.6 is 0 Å². The van der Waals surface area contributed by atoms with Crippen LogP contribution in [0.2, 0.25) is 0 Å². The number of aliphatic hydroxyl groups excluding tert-OH is 1. The molecule has 0 aromatic heterocycles. The second-order valence-corrected chi connectivity index (χ2v) is 7.48. The van der Waals surface area contributed by atoms with Crippen LogP contribution in [0.15, 0.2) is 18.2 Å². The van der Waals surface area contributed by atoms with Crippen LogP contribution in [0.4, 0.5) is 5.69 Å². The van der Waals surface area contributed by atoms with Crippen LogP contribution in [-0.4, -0.2) is 29.1 Å². The van der Waals surface area contributed by atoms with Crippen molar-refractivity contribution < 1.29 is 14.7 Å². The molecule has 1 saturated carbocycles. The van der Waals surface area contributed by atoms with Crippen molar-refractivity contribution in [1.82, 2.24) is 5.32 Å². The molecule has 0 spiro atoms. The van der Waals surface area contributed by atoms with Crippen molar-refractivity contribution in [3.8, 4) is 0 Å². The molecule has 1 fully saturated rings. The van der Waals surface area contributed by atoms with Crippen LogP contribution in [0.5, 0.6) is 0 Å². The number of hydrogen-bond donors (Lipinski definition) is 3. The van der Waals surface area contributed by atoms with E-state index in [0.717, 1.165) is 24.1 Å². The summed E-state index contributed by atoms with van der Waals surface area (Å²) < 4.78 is 0. The van der Waals surface area contributed by atoms with E-state index in [1.165, 1.54) is 0 Å². The number of anilines is 1. The molecule has 1 atom stereocenters. The van der Waals surface area contributed by atoms with Gasteiger partial charge in [0.25, 0.3) is 5.91 Å². The van der Waals surface area contributed by atoms with Crippen LogP contribution in [0, 0.1) is 18.8 Å². The molecule has 1 aromatic rings. The highest BCUT2D eigenvalue weighted by atomic mass is 16.3. The fourth-order valence-corrected chi connectivity index (χ4v) is 2.84. The number of carbonyl (C=O) groups excluding carboxylic acids is 2. The van der Waals surface area contributed by atoms with Gasteiger partial charge in [0.15, 0.2) is 0 Å². The monoisotopic (exact) mass is 332 g/mol. The quantitative estimate of drug-likeness (QED) is 0.718. The van der Waals surface area contributed by atoms with Gasteiger partial charge in [-0.3, -0.25) is 9.59 Å². The molecule has 2 amide bonds. The second-order valence-electron chi connectivity index (χ2n) is 7.48. The third-order valence-corrected chi connectivity index (χ3v) is 4.56. The lowest BCUT2D eigenvalue weighted by atomic mass is 9.96. The normalized spacial score (nSPS) is 16.6. The summed E-state index contributed by atoms with van der Waals surface area (Å²) in [6.07, 6.45) is 2.55. The Balaban J connectivity index is 2.05. The standard InChI is InChI=1S/C19H28N2O3/c1-12(2)9-17(23)20-16-8-5-14(10-13(16)3)18(24)21-19(4,11-22)15-6-7-15/h5,8,10,12,15,22H,6-7,9,11H2,1-4H3,(H,20,23)(H,21,24). The Bertz CT molecular complexity index is 623. The molecule has 0 saturated heterocycles. The number of hydrogen-bond acceptors (Lipinski definition) is 3. The van der Waals surface area contributed by atoms with Crippen LogP contribution in [-0.2, 0) is 4.79 Å². The zero-order valence-electron chi connectivity index (χ0n) is 15.0. The van der Waals surface area contributed by atoms with Crippen molar-refractivity contribution in [2.75, 3.05) is 11.9 Å². The Kier molecular flexibility index (Phi) is 5.65. The topological polar surface area (TPSA) is 78.4 Å². The third kappa shape index (κ3) is 4.57. The average Bonchev–Trinajstić information content (AvgIpc) is 3.33. The molecule has 0 aliphatic heterocycles. The third-order valence-electron chi connectivity index (χ3n) is 4.56. The molecule has 0 bridgehead atoms. The van der Waals surface area contributed by atoms with E-state index in [1.54, 1.807) is 18.2 Å². The molecular weight excluding hydrogens is 304 g/mol. The molecule has 24 heavy (non-hydrogen) atoms. The summed E-state index contributed by atoms with van der Waals surface area (Å²) in [5.74, 6) is 0.435. The number of aryl methyl sites for hydroxylation is 1.